The summed E-state index contributed by atoms with van der Waals surface area (Å²) in [4.78, 5) is 33.2. The number of thioether (sulfide) groups is 1. The van der Waals surface area contributed by atoms with E-state index >= 15 is 0 Å². The van der Waals surface area contributed by atoms with Crippen molar-refractivity contribution in [1.82, 2.24) is 9.97 Å². The highest BCUT2D eigenvalue weighted by Gasteiger charge is 2.32. The molecule has 0 radical (unpaired) electrons. The first kappa shape index (κ1) is 17.1. The van der Waals surface area contributed by atoms with Gasteiger partial charge in [0.2, 0.25) is 0 Å². The molecule has 0 fully saturated rings. The molecule has 120 valence electrons. The highest BCUT2D eigenvalue weighted by molar-refractivity contribution is 7.98. The fraction of sp³-hybridized carbons (Fsp3) is 0.250. The molecule has 7 heteroatoms. The Morgan fingerprint density at radius 1 is 1.26 bits per heavy atom. The molecule has 1 aromatic carbocycles. The number of nitrogens with zero attached hydrogens (tertiary/aromatic N) is 2. The third kappa shape index (κ3) is 4.13. The number of carbonyl (C=O) groups excluding carboxylic acids is 2. The van der Waals surface area contributed by atoms with Gasteiger partial charge in [-0.15, -0.1) is 0 Å². The summed E-state index contributed by atoms with van der Waals surface area (Å²) in [6.45, 7) is 1.80. The second-order valence-electron chi connectivity index (χ2n) is 4.52. The Hall–Kier alpha value is -2.28. The van der Waals surface area contributed by atoms with Gasteiger partial charge in [0.1, 0.15) is 5.82 Å². The Kier molecular flexibility index (Phi) is 5.81. The minimum absolute atomic E-state index is 0.145. The van der Waals surface area contributed by atoms with Gasteiger partial charge in [-0.2, -0.15) is 0 Å². The van der Waals surface area contributed by atoms with Crippen molar-refractivity contribution >= 4 is 23.5 Å². The number of ketones is 1. The summed E-state index contributed by atoms with van der Waals surface area (Å²) in [5.41, 5.74) is 0.478. The lowest BCUT2D eigenvalue weighted by atomic mass is 9.94. The summed E-state index contributed by atoms with van der Waals surface area (Å²) in [5, 5.41) is 0.448. The molecule has 1 aromatic heterocycles. The van der Waals surface area contributed by atoms with Crippen molar-refractivity contribution in [1.29, 1.82) is 0 Å². The molecule has 1 atom stereocenters. The number of aromatic nitrogens is 2. The SMILES string of the molecule is CCOC(=O)C(C(=O)c1ccc(F)cc1)c1ccnc(SC)n1. The molecule has 0 aliphatic heterocycles. The first-order chi connectivity index (χ1) is 11.1. The summed E-state index contributed by atoms with van der Waals surface area (Å²) >= 11 is 1.30. The first-order valence-corrected chi connectivity index (χ1v) is 8.12. The average molecular weight is 334 g/mol. The van der Waals surface area contributed by atoms with Crippen molar-refractivity contribution < 1.29 is 18.7 Å². The monoisotopic (exact) mass is 334 g/mol. The molecule has 23 heavy (non-hydrogen) atoms. The topological polar surface area (TPSA) is 69.2 Å². The van der Waals surface area contributed by atoms with Crippen LogP contribution in [0.4, 0.5) is 4.39 Å². The molecule has 1 heterocycles. The lowest BCUT2D eigenvalue weighted by Gasteiger charge is -2.14. The number of hydrogen-bond donors (Lipinski definition) is 0. The van der Waals surface area contributed by atoms with Crippen LogP contribution in [0, 0.1) is 5.82 Å². The maximum Gasteiger partial charge on any atom is 0.323 e. The highest BCUT2D eigenvalue weighted by Crippen LogP contribution is 2.23. The zero-order chi connectivity index (χ0) is 16.8. The van der Waals surface area contributed by atoms with E-state index in [1.54, 1.807) is 13.2 Å². The number of hydrogen-bond acceptors (Lipinski definition) is 6. The smallest absolute Gasteiger partial charge is 0.323 e. The quantitative estimate of drug-likeness (QED) is 0.266. The Morgan fingerprint density at radius 2 is 1.96 bits per heavy atom. The van der Waals surface area contributed by atoms with Crippen LogP contribution in [0.1, 0.15) is 28.9 Å². The molecule has 0 bridgehead atoms. The van der Waals surface area contributed by atoms with E-state index in [1.165, 1.54) is 48.3 Å². The number of halogens is 1. The number of benzene rings is 1. The molecule has 0 spiro atoms. The highest BCUT2D eigenvalue weighted by atomic mass is 32.2. The van der Waals surface area contributed by atoms with E-state index in [1.807, 2.05) is 0 Å². The van der Waals surface area contributed by atoms with Crippen molar-refractivity contribution in [3.8, 4) is 0 Å². The molecule has 0 saturated carbocycles. The third-order valence-corrected chi connectivity index (χ3v) is 3.61. The Balaban J connectivity index is 2.42. The van der Waals surface area contributed by atoms with E-state index in [0.29, 0.717) is 5.16 Å². The molecular formula is C16H15FN2O3S. The molecule has 0 N–H and O–H groups in total. The van der Waals surface area contributed by atoms with E-state index in [-0.39, 0.29) is 17.9 Å². The summed E-state index contributed by atoms with van der Waals surface area (Å²) in [7, 11) is 0. The number of rotatable bonds is 6. The third-order valence-electron chi connectivity index (χ3n) is 3.05. The van der Waals surface area contributed by atoms with Gasteiger partial charge in [0.15, 0.2) is 16.9 Å². The summed E-state index contributed by atoms with van der Waals surface area (Å²) in [5.74, 6) is -2.84. The largest absolute Gasteiger partial charge is 0.465 e. The van der Waals surface area contributed by atoms with Crippen LogP contribution in [-0.4, -0.2) is 34.6 Å². The second-order valence-corrected chi connectivity index (χ2v) is 5.30. The molecule has 2 rings (SSSR count). The van der Waals surface area contributed by atoms with Crippen LogP contribution in [-0.2, 0) is 9.53 Å². The van der Waals surface area contributed by atoms with Crippen LogP contribution in [0.15, 0.2) is 41.7 Å². The molecule has 5 nitrogen and oxygen atoms in total. The summed E-state index contributed by atoms with van der Waals surface area (Å²) in [6.07, 6.45) is 3.28. The van der Waals surface area contributed by atoms with Gasteiger partial charge in [-0.1, -0.05) is 11.8 Å². The minimum Gasteiger partial charge on any atom is -0.465 e. The molecule has 0 aliphatic rings. The molecule has 2 aromatic rings. The van der Waals surface area contributed by atoms with Crippen molar-refractivity contribution in [2.24, 2.45) is 0 Å². The maximum atomic E-state index is 13.0. The van der Waals surface area contributed by atoms with Gasteiger partial charge >= 0.3 is 5.97 Å². The average Bonchev–Trinajstić information content (AvgIpc) is 2.56. The maximum absolute atomic E-state index is 13.0. The van der Waals surface area contributed by atoms with Gasteiger partial charge in [0, 0.05) is 11.8 Å². The lowest BCUT2D eigenvalue weighted by Crippen LogP contribution is -2.25. The van der Waals surface area contributed by atoms with E-state index in [0.717, 1.165) is 0 Å². The van der Waals surface area contributed by atoms with Gasteiger partial charge in [0.05, 0.1) is 12.3 Å². The van der Waals surface area contributed by atoms with E-state index in [2.05, 4.69) is 9.97 Å². The fourth-order valence-electron chi connectivity index (χ4n) is 1.98. The van der Waals surface area contributed by atoms with Crippen LogP contribution in [0.2, 0.25) is 0 Å². The first-order valence-electron chi connectivity index (χ1n) is 6.90. The second kappa shape index (κ2) is 7.82. The predicted molar refractivity (Wildman–Crippen MR) is 83.9 cm³/mol. The van der Waals surface area contributed by atoms with Gasteiger partial charge < -0.3 is 4.74 Å². The number of esters is 1. The summed E-state index contributed by atoms with van der Waals surface area (Å²) < 4.78 is 18.0. The molecule has 0 aliphatic carbocycles. The zero-order valence-electron chi connectivity index (χ0n) is 12.7. The Bertz CT molecular complexity index is 707. The van der Waals surface area contributed by atoms with Crippen molar-refractivity contribution in [2.45, 2.75) is 18.0 Å². The Labute approximate surface area is 137 Å². The fourth-order valence-corrected chi connectivity index (χ4v) is 2.34. The van der Waals surface area contributed by atoms with Gasteiger partial charge in [-0.25, -0.2) is 14.4 Å². The van der Waals surface area contributed by atoms with Crippen LogP contribution < -0.4 is 0 Å². The van der Waals surface area contributed by atoms with Crippen LogP contribution in [0.25, 0.3) is 0 Å². The predicted octanol–water partition coefficient (Wildman–Crippen LogP) is 2.87. The Morgan fingerprint density at radius 3 is 2.57 bits per heavy atom. The molecule has 1 unspecified atom stereocenters. The van der Waals surface area contributed by atoms with Crippen LogP contribution >= 0.6 is 11.8 Å². The van der Waals surface area contributed by atoms with Gasteiger partial charge in [-0.05, 0) is 43.5 Å². The number of Topliss-reactive ketones (excluding diaryl/α,β-unsaturated/α-hetero) is 1. The van der Waals surface area contributed by atoms with E-state index < -0.39 is 23.5 Å². The molecular weight excluding hydrogens is 319 g/mol. The number of ether oxygens (including phenoxy) is 1. The van der Waals surface area contributed by atoms with Gasteiger partial charge in [-0.3, -0.25) is 9.59 Å². The van der Waals surface area contributed by atoms with Crippen LogP contribution in [0.3, 0.4) is 0 Å². The van der Waals surface area contributed by atoms with E-state index in [9.17, 15) is 14.0 Å². The summed E-state index contributed by atoms with van der Waals surface area (Å²) in [6, 6.07) is 6.51. The van der Waals surface area contributed by atoms with Crippen molar-refractivity contribution in [3.63, 3.8) is 0 Å². The standard InChI is InChI=1S/C16H15FN2O3S/c1-3-22-15(21)13(12-8-9-18-16(19-12)23-2)14(20)10-4-6-11(17)7-5-10/h4-9,13H,3H2,1-2H3. The van der Waals surface area contributed by atoms with Crippen molar-refractivity contribution in [3.05, 3.63) is 53.6 Å². The minimum atomic E-state index is -1.20. The lowest BCUT2D eigenvalue weighted by molar-refractivity contribution is -0.143. The zero-order valence-corrected chi connectivity index (χ0v) is 13.5. The van der Waals surface area contributed by atoms with Gasteiger partial charge in [0.25, 0.3) is 0 Å². The van der Waals surface area contributed by atoms with Crippen molar-refractivity contribution in [2.75, 3.05) is 12.9 Å². The number of carbonyl (C=O) groups is 2. The normalized spacial score (nSPS) is 11.8. The molecule has 0 amide bonds. The van der Waals surface area contributed by atoms with Crippen LogP contribution in [0.5, 0.6) is 0 Å². The van der Waals surface area contributed by atoms with E-state index in [4.69, 9.17) is 4.74 Å². The molecule has 0 saturated heterocycles.